The van der Waals surface area contributed by atoms with E-state index in [0.717, 1.165) is 0 Å². The molecule has 0 bridgehead atoms. The molecule has 0 heterocycles. The summed E-state index contributed by atoms with van der Waals surface area (Å²) in [5, 5.41) is 11.1. The highest BCUT2D eigenvalue weighted by Gasteiger charge is 2.41. The van der Waals surface area contributed by atoms with Gasteiger partial charge >= 0.3 is 0 Å². The Hall–Kier alpha value is -7.26. The topological polar surface area (TPSA) is 0 Å². The van der Waals surface area contributed by atoms with Crippen LogP contribution >= 0.6 is 7.92 Å². The molecule has 4 heteroatoms. The molecular formula is C60H45PSi3. The van der Waals surface area contributed by atoms with Crippen LogP contribution in [0.15, 0.2) is 273 Å². The molecule has 0 saturated carbocycles. The van der Waals surface area contributed by atoms with Crippen molar-refractivity contribution >= 4 is 78.8 Å². The van der Waals surface area contributed by atoms with E-state index in [4.69, 9.17) is 0 Å². The minimum absolute atomic E-state index is 1.24. The summed E-state index contributed by atoms with van der Waals surface area (Å²) in [5.74, 6) is 0. The third kappa shape index (κ3) is 8.46. The van der Waals surface area contributed by atoms with Crippen molar-refractivity contribution in [2.75, 3.05) is 0 Å². The first-order valence-corrected chi connectivity index (χ1v) is 29.0. The molecule has 0 radical (unpaired) electrons. The van der Waals surface area contributed by atoms with Gasteiger partial charge in [0.2, 0.25) is 24.2 Å². The number of hydrogen-bond acceptors (Lipinski definition) is 0. The van der Waals surface area contributed by atoms with Crippen LogP contribution in [-0.4, -0.2) is 24.2 Å². The van der Waals surface area contributed by atoms with Gasteiger partial charge in [-0.2, -0.15) is 0 Å². The van der Waals surface area contributed by atoms with Crippen LogP contribution in [0.4, 0.5) is 0 Å². The lowest BCUT2D eigenvalue weighted by Crippen LogP contribution is -2.66. The van der Waals surface area contributed by atoms with Crippen molar-refractivity contribution in [1.29, 1.82) is 0 Å². The molecule has 0 aliphatic carbocycles. The maximum Gasteiger partial charge on any atom is 0.230 e. The first-order chi connectivity index (χ1) is 31.7. The summed E-state index contributed by atoms with van der Waals surface area (Å²) < 4.78 is 0. The monoisotopic (exact) mass is 880 g/mol. The molecule has 0 nitrogen and oxygen atoms in total. The molecule has 9 rings (SSSR count). The van der Waals surface area contributed by atoms with Gasteiger partial charge in [0, 0.05) is 0 Å². The lowest BCUT2D eigenvalue weighted by atomic mass is 10.3. The lowest BCUT2D eigenvalue weighted by molar-refractivity contribution is 1.69. The van der Waals surface area contributed by atoms with Crippen molar-refractivity contribution in [3.05, 3.63) is 273 Å². The van der Waals surface area contributed by atoms with Crippen molar-refractivity contribution in [2.45, 2.75) is 0 Å². The van der Waals surface area contributed by atoms with E-state index >= 15 is 0 Å². The first kappa shape index (κ1) is 42.1. The van der Waals surface area contributed by atoms with Gasteiger partial charge in [-0.3, -0.25) is 0 Å². The number of rotatable bonds is 9. The Morgan fingerprint density at radius 1 is 0.188 bits per heavy atom. The Morgan fingerprint density at radius 2 is 0.312 bits per heavy atom. The van der Waals surface area contributed by atoms with E-state index in [9.17, 15) is 0 Å². The van der Waals surface area contributed by atoms with Crippen LogP contribution < -0.4 is 46.7 Å². The largest absolute Gasteiger partial charge is 0.230 e. The molecule has 9 aromatic carbocycles. The summed E-state index contributed by atoms with van der Waals surface area (Å²) in [4.78, 5) is 0. The standard InChI is InChI=1S/C60H45PSi3/c1-10-28-52(29-11-1)62(53-30-12-2-13-31-53,54-32-14-3-15-33-54)49-46-61(47-50-63(55-34-16-4-17-35-55,56-36-18-5-19-37-56)57-38-20-6-21-39-57)48-51-64(58-40-22-7-23-41-58,59-42-24-8-25-43-59)60-44-26-9-27-45-60/h1-45H. The molecule has 64 heavy (non-hydrogen) atoms. The third-order valence-corrected chi connectivity index (χ3v) is 25.9. The summed E-state index contributed by atoms with van der Waals surface area (Å²) in [6.45, 7) is 0. The second kappa shape index (κ2) is 19.8. The molecule has 0 aliphatic heterocycles. The van der Waals surface area contributed by atoms with Crippen molar-refractivity contribution in [3.8, 4) is 33.6 Å². The first-order valence-electron chi connectivity index (χ1n) is 21.6. The van der Waals surface area contributed by atoms with Gasteiger partial charge in [0.05, 0.1) is 0 Å². The lowest BCUT2D eigenvalue weighted by Gasteiger charge is -2.29. The van der Waals surface area contributed by atoms with Gasteiger partial charge in [-0.1, -0.05) is 290 Å². The van der Waals surface area contributed by atoms with Crippen molar-refractivity contribution in [1.82, 2.24) is 0 Å². The zero-order valence-electron chi connectivity index (χ0n) is 35.4. The smallest absolute Gasteiger partial charge is 0.108 e. The maximum atomic E-state index is 4.14. The molecule has 0 atom stereocenters. The molecule has 0 N–H and O–H groups in total. The summed E-state index contributed by atoms with van der Waals surface area (Å²) in [6.07, 6.45) is 0. The van der Waals surface area contributed by atoms with E-state index in [-0.39, 0.29) is 0 Å². The van der Waals surface area contributed by atoms with Gasteiger partial charge in [-0.05, 0) is 46.7 Å². The van der Waals surface area contributed by atoms with E-state index in [0.29, 0.717) is 0 Å². The Bertz CT molecular complexity index is 2450. The maximum absolute atomic E-state index is 4.14. The fourth-order valence-corrected chi connectivity index (χ4v) is 22.9. The minimum Gasteiger partial charge on any atom is -0.108 e. The van der Waals surface area contributed by atoms with Crippen molar-refractivity contribution in [3.63, 3.8) is 0 Å². The highest BCUT2D eigenvalue weighted by molar-refractivity contribution is 7.73. The van der Waals surface area contributed by atoms with Crippen LogP contribution in [-0.2, 0) is 0 Å². The van der Waals surface area contributed by atoms with Crippen LogP contribution in [0.3, 0.4) is 0 Å². The Kier molecular flexibility index (Phi) is 13.0. The zero-order valence-corrected chi connectivity index (χ0v) is 39.3. The van der Waals surface area contributed by atoms with Gasteiger partial charge in [0.15, 0.2) is 0 Å². The molecule has 0 saturated heterocycles. The minimum atomic E-state index is -2.98. The summed E-state index contributed by atoms with van der Waals surface area (Å²) in [5.41, 5.74) is 24.4. The summed E-state index contributed by atoms with van der Waals surface area (Å²) in [7, 11) is -10.5. The molecule has 0 spiro atoms. The Labute approximate surface area is 383 Å². The molecule has 0 aromatic heterocycles. The Morgan fingerprint density at radius 3 is 0.438 bits per heavy atom. The SMILES string of the molecule is C(#C[Si](c1ccccc1)(c1ccccc1)c1ccccc1)P(C#C[Si](c1ccccc1)(c1ccccc1)c1ccccc1)C#C[Si](c1ccccc1)(c1ccccc1)c1ccccc1. The molecular weight excluding hydrogens is 836 g/mol. The Balaban J connectivity index is 1.38. The highest BCUT2D eigenvalue weighted by atomic mass is 31.1. The van der Waals surface area contributed by atoms with Crippen LogP contribution in [0, 0.1) is 33.6 Å². The fourth-order valence-electron chi connectivity index (χ4n) is 8.85. The van der Waals surface area contributed by atoms with E-state index in [1.165, 1.54) is 46.7 Å². The molecule has 302 valence electrons. The van der Waals surface area contributed by atoms with Gasteiger partial charge in [0.25, 0.3) is 0 Å². The number of hydrogen-bond donors (Lipinski definition) is 0. The average molecular weight is 881 g/mol. The van der Waals surface area contributed by atoms with E-state index in [1.807, 2.05) is 0 Å². The predicted octanol–water partition coefficient (Wildman–Crippen LogP) is 7.48. The predicted molar refractivity (Wildman–Crippen MR) is 282 cm³/mol. The van der Waals surface area contributed by atoms with Gasteiger partial charge in [-0.25, -0.2) is 0 Å². The molecule has 0 unspecified atom stereocenters. The number of benzene rings is 9. The van der Waals surface area contributed by atoms with Crippen LogP contribution in [0.1, 0.15) is 0 Å². The molecule has 0 fully saturated rings. The van der Waals surface area contributed by atoms with Crippen molar-refractivity contribution < 1.29 is 0 Å². The van der Waals surface area contributed by atoms with Gasteiger partial charge < -0.3 is 0 Å². The summed E-state index contributed by atoms with van der Waals surface area (Å²) in [6, 6.07) is 98.2. The van der Waals surface area contributed by atoms with Gasteiger partial charge in [0.1, 0.15) is 7.92 Å². The van der Waals surface area contributed by atoms with E-state index in [2.05, 4.69) is 307 Å². The fraction of sp³-hybridized carbons (Fsp3) is 0. The molecule has 0 aliphatic rings. The molecule has 0 amide bonds. The van der Waals surface area contributed by atoms with E-state index < -0.39 is 32.1 Å². The zero-order chi connectivity index (χ0) is 43.3. The second-order valence-electron chi connectivity index (χ2n) is 15.6. The van der Waals surface area contributed by atoms with E-state index in [1.54, 1.807) is 0 Å². The normalized spacial score (nSPS) is 11.2. The quantitative estimate of drug-likeness (QED) is 0.0612. The van der Waals surface area contributed by atoms with Gasteiger partial charge in [-0.15, -0.1) is 16.6 Å². The van der Waals surface area contributed by atoms with Crippen LogP contribution in [0.5, 0.6) is 0 Å². The van der Waals surface area contributed by atoms with Crippen LogP contribution in [0.25, 0.3) is 0 Å². The summed E-state index contributed by atoms with van der Waals surface area (Å²) >= 11 is 0. The third-order valence-electron chi connectivity index (χ3n) is 11.9. The average Bonchev–Trinajstić information content (AvgIpc) is 3.39. The van der Waals surface area contributed by atoms with Crippen molar-refractivity contribution in [2.24, 2.45) is 0 Å². The molecule has 9 aromatic rings. The highest BCUT2D eigenvalue weighted by Crippen LogP contribution is 2.32. The second-order valence-corrected chi connectivity index (χ2v) is 27.4. The van der Waals surface area contributed by atoms with Crippen LogP contribution in [0.2, 0.25) is 0 Å².